The van der Waals surface area contributed by atoms with Gasteiger partial charge < -0.3 is 20.3 Å². The number of hydrogen-bond donors (Lipinski definition) is 2. The zero-order valence-corrected chi connectivity index (χ0v) is 17.1. The van der Waals surface area contributed by atoms with Gasteiger partial charge in [0.15, 0.2) is 0 Å². The summed E-state index contributed by atoms with van der Waals surface area (Å²) >= 11 is 0. The van der Waals surface area contributed by atoms with Crippen LogP contribution in [0.25, 0.3) is 0 Å². The van der Waals surface area contributed by atoms with Gasteiger partial charge in [0.1, 0.15) is 11.4 Å². The summed E-state index contributed by atoms with van der Waals surface area (Å²) in [6.45, 7) is 3.97. The predicted molar refractivity (Wildman–Crippen MR) is 118 cm³/mol. The Morgan fingerprint density at radius 2 is 1.72 bits per heavy atom. The Kier molecular flexibility index (Phi) is 6.34. The van der Waals surface area contributed by atoms with Crippen molar-refractivity contribution >= 4 is 28.7 Å². The van der Waals surface area contributed by atoms with Gasteiger partial charge in [-0.1, -0.05) is 12.1 Å². The molecule has 0 unspecified atom stereocenters. The number of amides is 1. The number of para-hydroxylation sites is 2. The summed E-state index contributed by atoms with van der Waals surface area (Å²) in [4.78, 5) is 18.8. The predicted octanol–water partition coefficient (Wildman–Crippen LogP) is 4.93. The maximum atomic E-state index is 12.6. The molecule has 2 N–H and O–H groups in total. The highest BCUT2D eigenvalue weighted by Gasteiger charge is 2.11. The summed E-state index contributed by atoms with van der Waals surface area (Å²) in [5, 5.41) is 6.19. The van der Waals surface area contributed by atoms with Crippen molar-refractivity contribution in [2.45, 2.75) is 20.0 Å². The average molecular weight is 390 g/mol. The van der Waals surface area contributed by atoms with Crippen LogP contribution in [0.1, 0.15) is 24.3 Å². The zero-order valence-electron chi connectivity index (χ0n) is 17.1. The van der Waals surface area contributed by atoms with Crippen LogP contribution in [0, 0.1) is 0 Å². The third kappa shape index (κ3) is 5.48. The van der Waals surface area contributed by atoms with Gasteiger partial charge in [0.05, 0.1) is 11.8 Å². The first-order chi connectivity index (χ1) is 13.9. The summed E-state index contributed by atoms with van der Waals surface area (Å²) in [5.41, 5.74) is 3.70. The Morgan fingerprint density at radius 1 is 1.00 bits per heavy atom. The van der Waals surface area contributed by atoms with Crippen LogP contribution in [0.15, 0.2) is 66.9 Å². The van der Waals surface area contributed by atoms with Gasteiger partial charge in [-0.3, -0.25) is 9.78 Å². The number of benzene rings is 2. The van der Waals surface area contributed by atoms with E-state index in [1.165, 1.54) is 0 Å². The van der Waals surface area contributed by atoms with Crippen molar-refractivity contribution in [1.29, 1.82) is 0 Å². The molecule has 0 spiro atoms. The molecule has 0 saturated carbocycles. The van der Waals surface area contributed by atoms with E-state index in [0.29, 0.717) is 5.69 Å². The number of carbonyl (C=O) groups is 1. The second-order valence-corrected chi connectivity index (χ2v) is 7.11. The number of anilines is 4. The minimum absolute atomic E-state index is 0.0654. The quantitative estimate of drug-likeness (QED) is 0.599. The largest absolute Gasteiger partial charge is 0.489 e. The van der Waals surface area contributed by atoms with Crippen LogP contribution in [0.3, 0.4) is 0 Å². The van der Waals surface area contributed by atoms with Crippen molar-refractivity contribution in [3.63, 3.8) is 0 Å². The van der Waals surface area contributed by atoms with Gasteiger partial charge in [-0.2, -0.15) is 0 Å². The van der Waals surface area contributed by atoms with Gasteiger partial charge in [-0.15, -0.1) is 0 Å². The molecule has 3 aromatic rings. The van der Waals surface area contributed by atoms with Crippen LogP contribution in [-0.2, 0) is 0 Å². The van der Waals surface area contributed by atoms with Crippen LogP contribution in [-0.4, -0.2) is 31.1 Å². The van der Waals surface area contributed by atoms with Gasteiger partial charge in [-0.05, 0) is 62.4 Å². The zero-order chi connectivity index (χ0) is 20.8. The third-order valence-electron chi connectivity index (χ3n) is 4.16. The number of pyridine rings is 1. The van der Waals surface area contributed by atoms with Crippen molar-refractivity contribution in [3.8, 4) is 5.75 Å². The second kappa shape index (κ2) is 9.10. The first-order valence-electron chi connectivity index (χ1n) is 9.50. The van der Waals surface area contributed by atoms with E-state index in [1.807, 2.05) is 87.4 Å². The Labute approximate surface area is 171 Å². The fourth-order valence-electron chi connectivity index (χ4n) is 2.75. The molecule has 3 rings (SSSR count). The Bertz CT molecular complexity index is 969. The van der Waals surface area contributed by atoms with E-state index in [2.05, 4.69) is 15.6 Å². The monoisotopic (exact) mass is 390 g/mol. The maximum absolute atomic E-state index is 12.6. The van der Waals surface area contributed by atoms with E-state index in [-0.39, 0.29) is 12.0 Å². The molecule has 0 atom stereocenters. The Hall–Kier alpha value is -3.54. The number of hydrogen-bond acceptors (Lipinski definition) is 5. The van der Waals surface area contributed by atoms with E-state index in [9.17, 15) is 4.79 Å². The summed E-state index contributed by atoms with van der Waals surface area (Å²) in [6.07, 6.45) is 1.67. The molecule has 0 radical (unpaired) electrons. The minimum Gasteiger partial charge on any atom is -0.489 e. The fraction of sp³-hybridized carbons (Fsp3) is 0.217. The van der Waals surface area contributed by atoms with Crippen LogP contribution in [0.2, 0.25) is 0 Å². The van der Waals surface area contributed by atoms with E-state index in [4.69, 9.17) is 4.74 Å². The first-order valence-corrected chi connectivity index (χ1v) is 9.50. The van der Waals surface area contributed by atoms with Crippen molar-refractivity contribution in [2.24, 2.45) is 0 Å². The molecule has 1 amide bonds. The molecule has 0 fully saturated rings. The average Bonchev–Trinajstić information content (AvgIpc) is 2.70. The molecule has 150 valence electrons. The number of nitrogens with one attached hydrogen (secondary N) is 2. The molecule has 0 aliphatic heterocycles. The lowest BCUT2D eigenvalue weighted by atomic mass is 10.2. The fourth-order valence-corrected chi connectivity index (χ4v) is 2.75. The highest BCUT2D eigenvalue weighted by Crippen LogP contribution is 2.28. The Balaban J connectivity index is 1.73. The van der Waals surface area contributed by atoms with E-state index in [1.54, 1.807) is 12.3 Å². The second-order valence-electron chi connectivity index (χ2n) is 7.11. The number of carbonyl (C=O) groups excluding carboxylic acids is 1. The van der Waals surface area contributed by atoms with E-state index >= 15 is 0 Å². The topological polar surface area (TPSA) is 66.5 Å². The molecule has 29 heavy (non-hydrogen) atoms. The smallest absolute Gasteiger partial charge is 0.274 e. The molecule has 0 aliphatic carbocycles. The molecule has 6 nitrogen and oxygen atoms in total. The number of rotatable bonds is 7. The molecule has 0 bridgehead atoms. The van der Waals surface area contributed by atoms with Crippen molar-refractivity contribution < 1.29 is 9.53 Å². The Morgan fingerprint density at radius 3 is 2.41 bits per heavy atom. The molecule has 0 aliphatic rings. The van der Waals surface area contributed by atoms with Crippen molar-refractivity contribution in [3.05, 3.63) is 72.6 Å². The summed E-state index contributed by atoms with van der Waals surface area (Å²) in [7, 11) is 3.95. The van der Waals surface area contributed by atoms with Gasteiger partial charge in [0, 0.05) is 37.4 Å². The van der Waals surface area contributed by atoms with Gasteiger partial charge in [0.2, 0.25) is 0 Å². The highest BCUT2D eigenvalue weighted by molar-refractivity contribution is 6.03. The molecule has 2 aromatic carbocycles. The van der Waals surface area contributed by atoms with E-state index < -0.39 is 0 Å². The highest BCUT2D eigenvalue weighted by atomic mass is 16.5. The summed E-state index contributed by atoms with van der Waals surface area (Å²) in [5.74, 6) is 0.490. The lowest BCUT2D eigenvalue weighted by Gasteiger charge is -2.16. The lowest BCUT2D eigenvalue weighted by Crippen LogP contribution is -2.14. The molecule has 1 aromatic heterocycles. The first kappa shape index (κ1) is 20.2. The number of ether oxygens (including phenoxy) is 1. The molecular formula is C23H26N4O2. The molecule has 1 heterocycles. The van der Waals surface area contributed by atoms with Gasteiger partial charge in [0.25, 0.3) is 5.91 Å². The lowest BCUT2D eigenvalue weighted by molar-refractivity contribution is 0.102. The van der Waals surface area contributed by atoms with Gasteiger partial charge in [-0.25, -0.2) is 0 Å². The molecular weight excluding hydrogens is 364 g/mol. The maximum Gasteiger partial charge on any atom is 0.274 e. The number of nitrogens with zero attached hydrogens (tertiary/aromatic N) is 2. The molecule has 0 saturated heterocycles. The summed E-state index contributed by atoms with van der Waals surface area (Å²) in [6, 6.07) is 18.9. The van der Waals surface area contributed by atoms with Crippen LogP contribution in [0.5, 0.6) is 5.75 Å². The van der Waals surface area contributed by atoms with Crippen molar-refractivity contribution in [1.82, 2.24) is 4.98 Å². The van der Waals surface area contributed by atoms with Crippen LogP contribution in [0.4, 0.5) is 22.7 Å². The normalized spacial score (nSPS) is 10.5. The third-order valence-corrected chi connectivity index (χ3v) is 4.16. The SMILES string of the molecule is CC(C)Oc1ccccc1Nc1ccnc(C(=O)Nc2ccc(N(C)C)cc2)c1. The van der Waals surface area contributed by atoms with E-state index in [0.717, 1.165) is 28.5 Å². The standard InChI is InChI=1S/C23H26N4O2/c1-16(2)29-22-8-6-5-7-20(22)25-18-13-14-24-21(15-18)23(28)26-17-9-11-19(12-10-17)27(3)4/h5-16H,1-4H3,(H,24,25)(H,26,28). The van der Waals surface area contributed by atoms with Crippen LogP contribution < -0.4 is 20.3 Å². The minimum atomic E-state index is -0.266. The summed E-state index contributed by atoms with van der Waals surface area (Å²) < 4.78 is 5.84. The van der Waals surface area contributed by atoms with Crippen molar-refractivity contribution in [2.75, 3.05) is 29.6 Å². The number of aromatic nitrogens is 1. The van der Waals surface area contributed by atoms with Gasteiger partial charge >= 0.3 is 0 Å². The molecule has 6 heteroatoms. The van der Waals surface area contributed by atoms with Crippen LogP contribution >= 0.6 is 0 Å².